The molecule has 0 spiro atoms. The lowest BCUT2D eigenvalue weighted by Crippen LogP contribution is -2.54. The molecule has 5 heteroatoms. The maximum absolute atomic E-state index is 4.53. The Morgan fingerprint density at radius 3 is 2.38 bits per heavy atom. The Balaban J connectivity index is 2.10. The van der Waals surface area contributed by atoms with E-state index in [2.05, 4.69) is 53.1 Å². The largest absolute Gasteiger partial charge is 0.336 e. The van der Waals surface area contributed by atoms with Crippen molar-refractivity contribution in [2.45, 2.75) is 45.7 Å². The van der Waals surface area contributed by atoms with Gasteiger partial charge in [0.1, 0.15) is 5.82 Å². The summed E-state index contributed by atoms with van der Waals surface area (Å²) in [4.78, 5) is 6.78. The van der Waals surface area contributed by atoms with Crippen molar-refractivity contribution in [3.8, 4) is 0 Å². The highest BCUT2D eigenvalue weighted by Crippen LogP contribution is 2.15. The Hall–Kier alpha value is -1.10. The lowest BCUT2D eigenvalue weighted by Gasteiger charge is -2.35. The topological polar surface area (TPSA) is 56.8 Å². The number of nitrogens with one attached hydrogen (secondary N) is 2. The summed E-state index contributed by atoms with van der Waals surface area (Å²) in [5, 5.41) is 10.8. The first-order chi connectivity index (χ1) is 7.56. The fraction of sp³-hybridized carbons (Fsp3) is 0.818. The van der Waals surface area contributed by atoms with Gasteiger partial charge in [0.05, 0.1) is 0 Å². The van der Waals surface area contributed by atoms with Crippen LogP contribution in [-0.4, -0.2) is 40.4 Å². The van der Waals surface area contributed by atoms with E-state index in [9.17, 15) is 0 Å². The summed E-state index contributed by atoms with van der Waals surface area (Å²) in [6, 6.07) is 0.981. The first-order valence-electron chi connectivity index (χ1n) is 5.99. The smallest absolute Gasteiger partial charge is 0.244 e. The summed E-state index contributed by atoms with van der Waals surface area (Å²) in [6.07, 6.45) is 0. The molecule has 2 rings (SSSR count). The molecule has 90 valence electrons. The third kappa shape index (κ3) is 2.35. The molecule has 5 nitrogen and oxygen atoms in total. The number of hydrogen-bond donors (Lipinski definition) is 2. The molecule has 1 aliphatic heterocycles. The van der Waals surface area contributed by atoms with Gasteiger partial charge in [-0.05, 0) is 13.8 Å². The molecule has 0 amide bonds. The molecule has 2 heterocycles. The molecule has 1 fully saturated rings. The monoisotopic (exact) mass is 223 g/mol. The zero-order valence-corrected chi connectivity index (χ0v) is 10.5. The predicted octanol–water partition coefficient (Wildman–Crippen LogP) is 1.11. The van der Waals surface area contributed by atoms with Crippen LogP contribution < -0.4 is 10.2 Å². The maximum Gasteiger partial charge on any atom is 0.244 e. The minimum Gasteiger partial charge on any atom is -0.336 e. The fourth-order valence-electron chi connectivity index (χ4n) is 2.15. The first-order valence-corrected chi connectivity index (χ1v) is 5.99. The van der Waals surface area contributed by atoms with Gasteiger partial charge in [0.25, 0.3) is 0 Å². The lowest BCUT2D eigenvalue weighted by atomic mass is 10.1. The minimum absolute atomic E-state index is 0.402. The molecule has 1 aromatic heterocycles. The lowest BCUT2D eigenvalue weighted by molar-refractivity contribution is 0.403. The molecule has 0 radical (unpaired) electrons. The molecule has 2 N–H and O–H groups in total. The molecular formula is C11H21N5. The van der Waals surface area contributed by atoms with Gasteiger partial charge in [-0.3, -0.25) is 5.10 Å². The third-order valence-electron chi connectivity index (χ3n) is 2.88. The Labute approximate surface area is 96.6 Å². The third-order valence-corrected chi connectivity index (χ3v) is 2.88. The van der Waals surface area contributed by atoms with Crippen LogP contribution in [0.4, 0.5) is 5.95 Å². The summed E-state index contributed by atoms with van der Waals surface area (Å²) < 4.78 is 0. The van der Waals surface area contributed by atoms with Gasteiger partial charge in [-0.15, -0.1) is 5.10 Å². The molecule has 1 saturated heterocycles. The Morgan fingerprint density at radius 1 is 1.25 bits per heavy atom. The second-order valence-corrected chi connectivity index (χ2v) is 5.05. The van der Waals surface area contributed by atoms with Crippen LogP contribution in [0.15, 0.2) is 0 Å². The average molecular weight is 223 g/mol. The van der Waals surface area contributed by atoms with Crippen LogP contribution in [0.2, 0.25) is 0 Å². The minimum atomic E-state index is 0.402. The summed E-state index contributed by atoms with van der Waals surface area (Å²) >= 11 is 0. The van der Waals surface area contributed by atoms with Gasteiger partial charge in [-0.1, -0.05) is 13.8 Å². The van der Waals surface area contributed by atoms with E-state index in [1.165, 1.54) is 0 Å². The van der Waals surface area contributed by atoms with Crippen LogP contribution in [0.1, 0.15) is 39.4 Å². The first kappa shape index (κ1) is 11.4. The van der Waals surface area contributed by atoms with Gasteiger partial charge in [-0.2, -0.15) is 4.98 Å². The van der Waals surface area contributed by atoms with E-state index >= 15 is 0 Å². The van der Waals surface area contributed by atoms with Gasteiger partial charge < -0.3 is 10.2 Å². The van der Waals surface area contributed by atoms with Gasteiger partial charge >= 0.3 is 0 Å². The van der Waals surface area contributed by atoms with Gasteiger partial charge in [0, 0.05) is 31.1 Å². The summed E-state index contributed by atoms with van der Waals surface area (Å²) in [6.45, 7) is 10.6. The number of piperazine rings is 1. The van der Waals surface area contributed by atoms with Crippen molar-refractivity contribution in [2.75, 3.05) is 18.0 Å². The van der Waals surface area contributed by atoms with Crippen molar-refractivity contribution in [3.05, 3.63) is 5.82 Å². The van der Waals surface area contributed by atoms with E-state index in [0.29, 0.717) is 18.0 Å². The second-order valence-electron chi connectivity index (χ2n) is 5.05. The van der Waals surface area contributed by atoms with E-state index in [1.54, 1.807) is 0 Å². The summed E-state index contributed by atoms with van der Waals surface area (Å²) in [5.74, 6) is 2.21. The zero-order valence-electron chi connectivity index (χ0n) is 10.5. The highest BCUT2D eigenvalue weighted by atomic mass is 15.4. The van der Waals surface area contributed by atoms with E-state index in [1.807, 2.05) is 0 Å². The average Bonchev–Trinajstić information content (AvgIpc) is 2.64. The Bertz CT molecular complexity index is 336. The Kier molecular flexibility index (Phi) is 3.14. The van der Waals surface area contributed by atoms with Crippen molar-refractivity contribution in [2.24, 2.45) is 0 Å². The summed E-state index contributed by atoms with van der Waals surface area (Å²) in [5.41, 5.74) is 0. The van der Waals surface area contributed by atoms with Crippen LogP contribution in [0.5, 0.6) is 0 Å². The molecule has 2 unspecified atom stereocenters. The van der Waals surface area contributed by atoms with Crippen molar-refractivity contribution in [1.29, 1.82) is 0 Å². The second kappa shape index (κ2) is 4.41. The highest BCUT2D eigenvalue weighted by Gasteiger charge is 2.23. The highest BCUT2D eigenvalue weighted by molar-refractivity contribution is 5.31. The van der Waals surface area contributed by atoms with E-state index in [4.69, 9.17) is 0 Å². The van der Waals surface area contributed by atoms with Crippen LogP contribution in [-0.2, 0) is 0 Å². The predicted molar refractivity (Wildman–Crippen MR) is 64.7 cm³/mol. The van der Waals surface area contributed by atoms with Gasteiger partial charge in [0.2, 0.25) is 5.95 Å². The molecule has 0 aromatic carbocycles. The number of rotatable bonds is 2. The van der Waals surface area contributed by atoms with Crippen molar-refractivity contribution in [3.63, 3.8) is 0 Å². The standard InChI is InChI=1S/C11H21N5/c1-7(2)10-13-11(15-14-10)16-5-8(3)12-9(4)6-16/h7-9,12H,5-6H2,1-4H3,(H,13,14,15). The van der Waals surface area contributed by atoms with Crippen molar-refractivity contribution >= 4 is 5.95 Å². The molecule has 0 bridgehead atoms. The molecule has 0 saturated carbocycles. The number of nitrogens with zero attached hydrogens (tertiary/aromatic N) is 3. The number of anilines is 1. The number of aromatic nitrogens is 3. The normalized spacial score (nSPS) is 26.4. The van der Waals surface area contributed by atoms with Gasteiger partial charge in [-0.25, -0.2) is 0 Å². The summed E-state index contributed by atoms with van der Waals surface area (Å²) in [7, 11) is 0. The quantitative estimate of drug-likeness (QED) is 0.788. The maximum atomic E-state index is 4.53. The number of aromatic amines is 1. The number of hydrogen-bond acceptors (Lipinski definition) is 4. The molecule has 1 aliphatic rings. The fourth-order valence-corrected chi connectivity index (χ4v) is 2.15. The molecular weight excluding hydrogens is 202 g/mol. The Morgan fingerprint density at radius 2 is 1.88 bits per heavy atom. The van der Waals surface area contributed by atoms with E-state index in [-0.39, 0.29) is 0 Å². The molecule has 16 heavy (non-hydrogen) atoms. The molecule has 2 atom stereocenters. The van der Waals surface area contributed by atoms with Gasteiger partial charge in [0.15, 0.2) is 0 Å². The van der Waals surface area contributed by atoms with Crippen molar-refractivity contribution in [1.82, 2.24) is 20.5 Å². The van der Waals surface area contributed by atoms with Crippen LogP contribution in [0, 0.1) is 0 Å². The van der Waals surface area contributed by atoms with Crippen molar-refractivity contribution < 1.29 is 0 Å². The zero-order chi connectivity index (χ0) is 11.7. The van der Waals surface area contributed by atoms with Crippen LogP contribution in [0.25, 0.3) is 0 Å². The SMILES string of the molecule is CC1CN(c2n[nH]c(C(C)C)n2)CC(C)N1. The molecule has 0 aliphatic carbocycles. The van der Waals surface area contributed by atoms with E-state index < -0.39 is 0 Å². The van der Waals surface area contributed by atoms with Crippen LogP contribution in [0.3, 0.4) is 0 Å². The van der Waals surface area contributed by atoms with Crippen LogP contribution >= 0.6 is 0 Å². The molecule has 1 aromatic rings. The van der Waals surface area contributed by atoms with E-state index in [0.717, 1.165) is 24.9 Å². The number of H-pyrrole nitrogens is 1.